The van der Waals surface area contributed by atoms with Crippen LogP contribution in [0.1, 0.15) is 12.7 Å². The van der Waals surface area contributed by atoms with Gasteiger partial charge in [-0.15, -0.1) is 0 Å². The molecule has 1 aromatic heterocycles. The van der Waals surface area contributed by atoms with Gasteiger partial charge in [0.2, 0.25) is 0 Å². The Bertz CT molecular complexity index is 972. The number of rotatable bonds is 5. The molecule has 0 atom stereocenters. The number of phenols is 1. The summed E-state index contributed by atoms with van der Waals surface area (Å²) in [5.74, 6) is -0.733. The molecule has 2 N–H and O–H groups in total. The summed E-state index contributed by atoms with van der Waals surface area (Å²) in [4.78, 5) is 16.8. The van der Waals surface area contributed by atoms with Crippen molar-refractivity contribution >= 4 is 44.2 Å². The molecule has 0 aliphatic rings. The van der Waals surface area contributed by atoms with Gasteiger partial charge in [-0.2, -0.15) is 8.42 Å². The molecule has 0 unspecified atom stereocenters. The van der Waals surface area contributed by atoms with E-state index in [9.17, 15) is 18.3 Å². The molecule has 1 aromatic carbocycles. The maximum absolute atomic E-state index is 12.6. The molecule has 0 saturated heterocycles. The molecule has 24 heavy (non-hydrogen) atoms. The molecule has 2 aromatic rings. The summed E-state index contributed by atoms with van der Waals surface area (Å²) >= 11 is 12.0. The second-order valence-corrected chi connectivity index (χ2v) is 7.32. The zero-order chi connectivity index (χ0) is 18.2. The van der Waals surface area contributed by atoms with E-state index in [4.69, 9.17) is 27.4 Å². The zero-order valence-corrected chi connectivity index (χ0v) is 15.4. The van der Waals surface area contributed by atoms with Gasteiger partial charge < -0.3 is 14.6 Å². The minimum Gasteiger partial charge on any atom is -0.504 e. The first kappa shape index (κ1) is 18.8. The smallest absolute Gasteiger partial charge is 0.306 e. The third kappa shape index (κ3) is 3.44. The van der Waals surface area contributed by atoms with Crippen molar-refractivity contribution in [3.63, 3.8) is 0 Å². The molecule has 0 aliphatic carbocycles. The molecule has 0 radical (unpaired) electrons. The highest BCUT2D eigenvalue weighted by Crippen LogP contribution is 2.45. The van der Waals surface area contributed by atoms with Crippen LogP contribution in [0.2, 0.25) is 10.0 Å². The maximum atomic E-state index is 12.6. The largest absolute Gasteiger partial charge is 0.504 e. The van der Waals surface area contributed by atoms with Crippen molar-refractivity contribution in [3.8, 4) is 11.5 Å². The van der Waals surface area contributed by atoms with E-state index in [1.54, 1.807) is 0 Å². The molecule has 8 nitrogen and oxygen atoms in total. The predicted octanol–water partition coefficient (Wildman–Crippen LogP) is 1.39. The van der Waals surface area contributed by atoms with E-state index >= 15 is 0 Å². The Balaban J connectivity index is 2.86. The Morgan fingerprint density at radius 3 is 2.50 bits per heavy atom. The van der Waals surface area contributed by atoms with E-state index in [1.807, 2.05) is 6.92 Å². The van der Waals surface area contributed by atoms with Gasteiger partial charge in [0.25, 0.3) is 5.56 Å². The Morgan fingerprint density at radius 1 is 1.33 bits per heavy atom. The van der Waals surface area contributed by atoms with Crippen molar-refractivity contribution in [3.05, 3.63) is 26.2 Å². The molecule has 11 heteroatoms. The molecule has 132 valence electrons. The van der Waals surface area contributed by atoms with Crippen molar-refractivity contribution < 1.29 is 17.7 Å². The number of halogens is 2. The van der Waals surface area contributed by atoms with E-state index in [1.165, 1.54) is 11.6 Å². The van der Waals surface area contributed by atoms with Gasteiger partial charge in [-0.05, 0) is 6.54 Å². The summed E-state index contributed by atoms with van der Waals surface area (Å²) in [6.07, 6.45) is 0.788. The fourth-order valence-corrected chi connectivity index (χ4v) is 3.19. The van der Waals surface area contributed by atoms with Crippen molar-refractivity contribution in [2.24, 2.45) is 7.05 Å². The van der Waals surface area contributed by atoms with E-state index in [0.29, 0.717) is 12.4 Å². The standard InChI is InChI=1S/C13H15Cl2N3O5S/c1-4-16-5-6-17-10-7(13(20)18(6)2)8(14)12(9(15)11(10)19)23-24(3,21)22/h16,19H,4-5H2,1-3H3. The van der Waals surface area contributed by atoms with Crippen LogP contribution in [0.3, 0.4) is 0 Å². The van der Waals surface area contributed by atoms with Crippen molar-refractivity contribution in [1.29, 1.82) is 0 Å². The first-order valence-electron chi connectivity index (χ1n) is 6.78. The van der Waals surface area contributed by atoms with E-state index in [-0.39, 0.29) is 22.5 Å². The summed E-state index contributed by atoms with van der Waals surface area (Å²) in [7, 11) is -2.48. The summed E-state index contributed by atoms with van der Waals surface area (Å²) in [6.45, 7) is 2.83. The van der Waals surface area contributed by atoms with Crippen LogP contribution >= 0.6 is 23.2 Å². The van der Waals surface area contributed by atoms with Crippen molar-refractivity contribution in [2.75, 3.05) is 12.8 Å². The van der Waals surface area contributed by atoms with Gasteiger partial charge >= 0.3 is 10.1 Å². The number of aromatic nitrogens is 2. The molecule has 0 amide bonds. The molecule has 0 fully saturated rings. The Morgan fingerprint density at radius 2 is 1.96 bits per heavy atom. The van der Waals surface area contributed by atoms with Crippen LogP contribution in [0.5, 0.6) is 11.5 Å². The number of hydrogen-bond donors (Lipinski definition) is 2. The van der Waals surface area contributed by atoms with Crippen molar-refractivity contribution in [1.82, 2.24) is 14.9 Å². The van der Waals surface area contributed by atoms with Crippen LogP contribution in [-0.4, -0.2) is 35.9 Å². The van der Waals surface area contributed by atoms with Gasteiger partial charge in [-0.25, -0.2) is 4.98 Å². The van der Waals surface area contributed by atoms with Gasteiger partial charge in [0, 0.05) is 7.05 Å². The Hall–Kier alpha value is -1.55. The van der Waals surface area contributed by atoms with Crippen LogP contribution < -0.4 is 15.1 Å². The van der Waals surface area contributed by atoms with Gasteiger partial charge in [0.1, 0.15) is 21.4 Å². The SMILES string of the molecule is CCNCc1nc2c(O)c(Cl)c(OS(C)(=O)=O)c(Cl)c2c(=O)n1C. The molecular weight excluding hydrogens is 381 g/mol. The third-order valence-corrected chi connectivity index (χ3v) is 4.38. The summed E-state index contributed by atoms with van der Waals surface area (Å²) in [5, 5.41) is 12.3. The van der Waals surface area contributed by atoms with Gasteiger partial charge in [-0.1, -0.05) is 30.1 Å². The lowest BCUT2D eigenvalue weighted by atomic mass is 10.2. The number of fused-ring (bicyclic) bond motifs is 1. The highest BCUT2D eigenvalue weighted by atomic mass is 35.5. The highest BCUT2D eigenvalue weighted by Gasteiger charge is 2.25. The lowest BCUT2D eigenvalue weighted by Crippen LogP contribution is -2.26. The number of nitrogens with one attached hydrogen (secondary N) is 1. The molecule has 0 saturated carbocycles. The number of benzene rings is 1. The average Bonchev–Trinajstić information content (AvgIpc) is 2.49. The van der Waals surface area contributed by atoms with Crippen LogP contribution in [0.15, 0.2) is 4.79 Å². The number of aromatic hydroxyl groups is 1. The lowest BCUT2D eigenvalue weighted by Gasteiger charge is -2.14. The lowest BCUT2D eigenvalue weighted by molar-refractivity contribution is 0.469. The van der Waals surface area contributed by atoms with E-state index in [2.05, 4.69) is 10.3 Å². The molecule has 2 rings (SSSR count). The van der Waals surface area contributed by atoms with Crippen LogP contribution in [0, 0.1) is 0 Å². The number of nitrogens with zero attached hydrogens (tertiary/aromatic N) is 2. The molecular formula is C13H15Cl2N3O5S. The minimum atomic E-state index is -3.97. The fourth-order valence-electron chi connectivity index (χ4n) is 2.06. The number of phenolic OH excluding ortho intramolecular Hbond substituents is 1. The zero-order valence-electron chi connectivity index (χ0n) is 13.1. The van der Waals surface area contributed by atoms with Gasteiger partial charge in [-0.3, -0.25) is 9.36 Å². The second-order valence-electron chi connectivity index (χ2n) is 4.99. The Kier molecular flexibility index (Phi) is 5.28. The third-order valence-electron chi connectivity index (χ3n) is 3.20. The summed E-state index contributed by atoms with van der Waals surface area (Å²) in [5.41, 5.74) is -0.690. The first-order valence-corrected chi connectivity index (χ1v) is 9.35. The predicted molar refractivity (Wildman–Crippen MR) is 91.5 cm³/mol. The van der Waals surface area contributed by atoms with Crippen LogP contribution in [-0.2, 0) is 23.7 Å². The summed E-state index contributed by atoms with van der Waals surface area (Å²) in [6, 6.07) is 0. The molecule has 0 bridgehead atoms. The van der Waals surface area contributed by atoms with E-state index < -0.39 is 32.2 Å². The van der Waals surface area contributed by atoms with Crippen LogP contribution in [0.25, 0.3) is 10.9 Å². The molecule has 0 aliphatic heterocycles. The molecule has 0 spiro atoms. The minimum absolute atomic E-state index is 0.123. The normalized spacial score (nSPS) is 11.9. The van der Waals surface area contributed by atoms with Crippen molar-refractivity contribution in [2.45, 2.75) is 13.5 Å². The maximum Gasteiger partial charge on any atom is 0.306 e. The topological polar surface area (TPSA) is 111 Å². The Labute approximate surface area is 148 Å². The molecule has 1 heterocycles. The fraction of sp³-hybridized carbons (Fsp3) is 0.385. The quantitative estimate of drug-likeness (QED) is 0.735. The summed E-state index contributed by atoms with van der Waals surface area (Å²) < 4.78 is 28.6. The van der Waals surface area contributed by atoms with Gasteiger partial charge in [0.05, 0.1) is 18.2 Å². The monoisotopic (exact) mass is 395 g/mol. The second kappa shape index (κ2) is 6.75. The average molecular weight is 396 g/mol. The van der Waals surface area contributed by atoms with Crippen LogP contribution in [0.4, 0.5) is 0 Å². The van der Waals surface area contributed by atoms with Gasteiger partial charge in [0.15, 0.2) is 11.5 Å². The van der Waals surface area contributed by atoms with E-state index in [0.717, 1.165) is 6.26 Å². The highest BCUT2D eigenvalue weighted by molar-refractivity contribution is 7.86. The first-order chi connectivity index (χ1) is 11.1. The number of hydrogen-bond acceptors (Lipinski definition) is 7.